The molecule has 2 fully saturated rings. The normalized spacial score (nSPS) is 34.7. The Labute approximate surface area is 239 Å². The fraction of sp³-hybridized carbons (Fsp3) is 0.781. The van der Waals surface area contributed by atoms with Gasteiger partial charge in [0.2, 0.25) is 0 Å². The Morgan fingerprint density at radius 1 is 1.03 bits per heavy atom. The lowest BCUT2D eigenvalue weighted by Crippen LogP contribution is -2.54. The van der Waals surface area contributed by atoms with E-state index in [0.717, 1.165) is 37.8 Å². The molecular formula is C32H48ClNO5. The molecule has 0 amide bonds. The van der Waals surface area contributed by atoms with Gasteiger partial charge in [0, 0.05) is 17.9 Å². The summed E-state index contributed by atoms with van der Waals surface area (Å²) in [5.41, 5.74) is 0.887. The van der Waals surface area contributed by atoms with Gasteiger partial charge in [0.05, 0.1) is 23.1 Å². The van der Waals surface area contributed by atoms with Crippen molar-refractivity contribution in [3.63, 3.8) is 0 Å². The molecule has 0 radical (unpaired) electrons. The average molecular weight is 562 g/mol. The fourth-order valence-electron chi connectivity index (χ4n) is 7.67. The minimum Gasteiger partial charge on any atom is -0.465 e. The Kier molecular flexibility index (Phi) is 8.26. The van der Waals surface area contributed by atoms with E-state index in [9.17, 15) is 14.7 Å². The summed E-state index contributed by atoms with van der Waals surface area (Å²) >= 11 is 6.31. The summed E-state index contributed by atoms with van der Waals surface area (Å²) in [4.78, 5) is 30.3. The van der Waals surface area contributed by atoms with Crippen LogP contribution in [0.25, 0.3) is 0 Å². The van der Waals surface area contributed by atoms with Gasteiger partial charge in [-0.3, -0.25) is 9.59 Å². The molecule has 0 unspecified atom stereocenters. The molecule has 218 valence electrons. The highest BCUT2D eigenvalue weighted by Gasteiger charge is 2.58. The maximum atomic E-state index is 12.8. The first-order chi connectivity index (χ1) is 18.0. The number of esters is 2. The number of aliphatic hydroxyl groups excluding tert-OH is 1. The van der Waals surface area contributed by atoms with E-state index in [1.807, 2.05) is 47.6 Å². The van der Waals surface area contributed by atoms with Crippen LogP contribution in [0.4, 0.5) is 0 Å². The lowest BCUT2D eigenvalue weighted by atomic mass is 9.49. The number of fused-ring (bicyclic) bond motifs is 3. The van der Waals surface area contributed by atoms with Crippen LogP contribution in [0.2, 0.25) is 5.15 Å². The summed E-state index contributed by atoms with van der Waals surface area (Å²) in [7, 11) is 0. The Balaban J connectivity index is 1.61. The van der Waals surface area contributed by atoms with E-state index in [-0.39, 0.29) is 59.2 Å². The number of ether oxygens (including phenoxy) is 2. The molecule has 39 heavy (non-hydrogen) atoms. The largest absolute Gasteiger partial charge is 0.465 e. The Morgan fingerprint density at radius 2 is 1.69 bits per heavy atom. The highest BCUT2D eigenvalue weighted by molar-refractivity contribution is 6.29. The first-order valence-corrected chi connectivity index (χ1v) is 15.0. The smallest absolute Gasteiger partial charge is 0.311 e. The Hall–Kier alpha value is -1.66. The zero-order valence-electron chi connectivity index (χ0n) is 25.1. The number of halogens is 1. The van der Waals surface area contributed by atoms with Crippen molar-refractivity contribution in [1.82, 2.24) is 4.98 Å². The van der Waals surface area contributed by atoms with Crippen LogP contribution in [0.15, 0.2) is 12.1 Å². The van der Waals surface area contributed by atoms with Gasteiger partial charge in [-0.1, -0.05) is 31.5 Å². The summed E-state index contributed by atoms with van der Waals surface area (Å²) < 4.78 is 11.9. The van der Waals surface area contributed by atoms with E-state index < -0.39 is 10.8 Å². The predicted molar refractivity (Wildman–Crippen MR) is 152 cm³/mol. The van der Waals surface area contributed by atoms with Gasteiger partial charge in [-0.05, 0) is 115 Å². The van der Waals surface area contributed by atoms with Gasteiger partial charge in [0.15, 0.2) is 0 Å². The number of pyridine rings is 1. The zero-order chi connectivity index (χ0) is 29.0. The fourth-order valence-corrected chi connectivity index (χ4v) is 7.81. The highest BCUT2D eigenvalue weighted by Crippen LogP contribution is 2.61. The van der Waals surface area contributed by atoms with Crippen LogP contribution in [0.1, 0.15) is 98.8 Å². The molecule has 7 heteroatoms. The second kappa shape index (κ2) is 10.6. The average Bonchev–Trinajstić information content (AvgIpc) is 3.14. The third kappa shape index (κ3) is 5.75. The molecule has 6 nitrogen and oxygen atoms in total. The minimum absolute atomic E-state index is 0.0232. The van der Waals surface area contributed by atoms with Crippen LogP contribution >= 0.6 is 11.6 Å². The molecule has 3 aliphatic carbocycles. The number of aliphatic hydroxyl groups is 1. The van der Waals surface area contributed by atoms with Gasteiger partial charge in [-0.15, -0.1) is 0 Å². The predicted octanol–water partition coefficient (Wildman–Crippen LogP) is 6.54. The lowest BCUT2D eigenvalue weighted by Gasteiger charge is -2.56. The molecule has 1 aromatic heterocycles. The van der Waals surface area contributed by atoms with Crippen molar-refractivity contribution in [2.45, 2.75) is 105 Å². The molecule has 1 heterocycles. The number of hydrogen-bond donors (Lipinski definition) is 1. The van der Waals surface area contributed by atoms with Gasteiger partial charge in [-0.25, -0.2) is 4.98 Å². The maximum Gasteiger partial charge on any atom is 0.311 e. The Bertz CT molecular complexity index is 1090. The second-order valence-electron chi connectivity index (χ2n) is 15.0. The second-order valence-corrected chi connectivity index (χ2v) is 15.4. The molecular weight excluding hydrogens is 514 g/mol. The van der Waals surface area contributed by atoms with E-state index in [4.69, 9.17) is 26.1 Å². The van der Waals surface area contributed by atoms with Gasteiger partial charge in [0.25, 0.3) is 0 Å². The topological polar surface area (TPSA) is 85.7 Å². The van der Waals surface area contributed by atoms with Crippen LogP contribution in [-0.2, 0) is 30.9 Å². The van der Waals surface area contributed by atoms with Crippen molar-refractivity contribution in [3.8, 4) is 0 Å². The molecule has 4 rings (SSSR count). The number of nitrogens with zero attached hydrogens (tertiary/aromatic N) is 1. The van der Waals surface area contributed by atoms with Crippen molar-refractivity contribution >= 4 is 23.5 Å². The highest BCUT2D eigenvalue weighted by atomic mass is 35.5. The van der Waals surface area contributed by atoms with Gasteiger partial charge in [-0.2, -0.15) is 0 Å². The van der Waals surface area contributed by atoms with E-state index in [1.165, 1.54) is 5.56 Å². The molecule has 0 bridgehead atoms. The summed E-state index contributed by atoms with van der Waals surface area (Å²) in [5, 5.41) is 11.4. The number of hydrogen-bond acceptors (Lipinski definition) is 6. The third-order valence-electron chi connectivity index (χ3n) is 10.2. The van der Waals surface area contributed by atoms with E-state index >= 15 is 0 Å². The molecule has 1 aromatic rings. The lowest BCUT2D eigenvalue weighted by molar-refractivity contribution is -0.172. The van der Waals surface area contributed by atoms with Gasteiger partial charge in [0.1, 0.15) is 11.3 Å². The zero-order valence-corrected chi connectivity index (χ0v) is 25.9. The van der Waals surface area contributed by atoms with Crippen LogP contribution in [-0.4, -0.2) is 41.3 Å². The molecule has 1 N–H and O–H groups in total. The monoisotopic (exact) mass is 561 g/mol. The van der Waals surface area contributed by atoms with Crippen LogP contribution in [0.3, 0.4) is 0 Å². The van der Waals surface area contributed by atoms with Gasteiger partial charge >= 0.3 is 11.9 Å². The number of carbonyl (C=O) groups excluding carboxylic acids is 2. The molecule has 3 aliphatic rings. The number of rotatable bonds is 5. The summed E-state index contributed by atoms with van der Waals surface area (Å²) in [6.45, 7) is 16.2. The summed E-state index contributed by atoms with van der Waals surface area (Å²) in [6, 6.07) is 3.97. The Morgan fingerprint density at radius 3 is 2.31 bits per heavy atom. The maximum absolute atomic E-state index is 12.8. The summed E-state index contributed by atoms with van der Waals surface area (Å²) in [6.07, 6.45) is 4.91. The van der Waals surface area contributed by atoms with Crippen molar-refractivity contribution in [2.75, 3.05) is 13.2 Å². The van der Waals surface area contributed by atoms with Gasteiger partial charge < -0.3 is 14.6 Å². The molecule has 2 saturated carbocycles. The molecule has 7 atom stereocenters. The number of carbonyl (C=O) groups is 2. The summed E-state index contributed by atoms with van der Waals surface area (Å²) in [5.74, 6) is 0.225. The van der Waals surface area contributed by atoms with Crippen molar-refractivity contribution in [2.24, 2.45) is 39.9 Å². The van der Waals surface area contributed by atoms with Crippen molar-refractivity contribution in [3.05, 3.63) is 28.5 Å². The van der Waals surface area contributed by atoms with Crippen LogP contribution in [0, 0.1) is 39.9 Å². The van der Waals surface area contributed by atoms with Crippen molar-refractivity contribution < 1.29 is 24.2 Å². The van der Waals surface area contributed by atoms with Crippen molar-refractivity contribution in [1.29, 1.82) is 0 Å². The standard InChI is InChI=1S/C32H48ClNO5/c1-29(2,3)27(36)38-18-20-16-21(39-28(37)30(4,5)6)11-13-31(20,7)23-12-14-32(8)24(22(23)17-35)15-19-9-10-25(33)34-26(19)32/h9-10,20-24,35H,11-18H2,1-8H3/t20-,21+,22-,23+,24+,31+,32+/m1/s1. The third-order valence-corrected chi connectivity index (χ3v) is 10.4. The van der Waals surface area contributed by atoms with E-state index in [0.29, 0.717) is 18.2 Å². The molecule has 0 saturated heterocycles. The number of aromatic nitrogens is 1. The molecule has 0 spiro atoms. The first-order valence-electron chi connectivity index (χ1n) is 14.7. The molecule has 0 aliphatic heterocycles. The van der Waals surface area contributed by atoms with E-state index in [2.05, 4.69) is 19.9 Å². The van der Waals surface area contributed by atoms with Crippen LogP contribution in [0.5, 0.6) is 0 Å². The molecule has 0 aromatic carbocycles. The van der Waals surface area contributed by atoms with E-state index in [1.54, 1.807) is 0 Å². The minimum atomic E-state index is -0.590. The first kappa shape index (κ1) is 30.3. The quantitative estimate of drug-likeness (QED) is 0.324. The van der Waals surface area contributed by atoms with Crippen LogP contribution < -0.4 is 0 Å². The SMILES string of the molecule is CC(C)(C)C(=O)OC[C@H]1C[C@@H](OC(=O)C(C)(C)C)CC[C@]1(C)[C@H]1CC[C@]2(C)c3nc(Cl)ccc3C[C@H]2[C@@H]1CO.